The summed E-state index contributed by atoms with van der Waals surface area (Å²) in [5.41, 5.74) is 0.391. The van der Waals surface area contributed by atoms with Crippen LogP contribution in [0.5, 0.6) is 0 Å². The first-order valence-corrected chi connectivity index (χ1v) is 9.20. The van der Waals surface area contributed by atoms with Crippen molar-refractivity contribution in [2.45, 2.75) is 11.7 Å². The molecule has 1 aliphatic heterocycles. The fourth-order valence-electron chi connectivity index (χ4n) is 2.48. The van der Waals surface area contributed by atoms with Crippen LogP contribution in [-0.2, 0) is 9.84 Å². The SMILES string of the molecule is O=C(c1cnc[nH]1)N1CC[C@H](c2cccs2)S(=O)(=O)CC1. The molecule has 0 saturated carbocycles. The molecule has 1 N–H and O–H groups in total. The second-order valence-electron chi connectivity index (χ2n) is 4.92. The van der Waals surface area contributed by atoms with Gasteiger partial charge in [-0.25, -0.2) is 13.4 Å². The molecule has 0 aliphatic carbocycles. The number of amides is 1. The van der Waals surface area contributed by atoms with Gasteiger partial charge in [-0.2, -0.15) is 0 Å². The number of hydrogen-bond donors (Lipinski definition) is 1. The number of hydrogen-bond acceptors (Lipinski definition) is 5. The minimum Gasteiger partial charge on any atom is -0.341 e. The lowest BCUT2D eigenvalue weighted by Gasteiger charge is -2.18. The maximum Gasteiger partial charge on any atom is 0.271 e. The number of carbonyl (C=O) groups is 1. The van der Waals surface area contributed by atoms with Crippen molar-refractivity contribution in [1.29, 1.82) is 0 Å². The molecule has 0 aromatic carbocycles. The summed E-state index contributed by atoms with van der Waals surface area (Å²) in [7, 11) is -3.23. The first-order chi connectivity index (χ1) is 10.1. The van der Waals surface area contributed by atoms with E-state index in [0.717, 1.165) is 4.88 Å². The van der Waals surface area contributed by atoms with Gasteiger partial charge in [-0.15, -0.1) is 11.3 Å². The Morgan fingerprint density at radius 2 is 2.29 bits per heavy atom. The van der Waals surface area contributed by atoms with Crippen molar-refractivity contribution >= 4 is 27.1 Å². The van der Waals surface area contributed by atoms with Gasteiger partial charge in [0.1, 0.15) is 5.69 Å². The minimum atomic E-state index is -3.23. The standard InChI is InChI=1S/C13H15N3O3S2/c17-13(10-8-14-9-15-10)16-4-3-12(11-2-1-6-20-11)21(18,19)7-5-16/h1-2,6,8-9,12H,3-5,7H2,(H,14,15)/t12-/m1/s1. The number of nitrogens with zero attached hydrogens (tertiary/aromatic N) is 2. The second-order valence-corrected chi connectivity index (χ2v) is 8.20. The van der Waals surface area contributed by atoms with Crippen LogP contribution in [-0.4, -0.2) is 48.0 Å². The van der Waals surface area contributed by atoms with Crippen LogP contribution < -0.4 is 0 Å². The number of aromatic nitrogens is 2. The quantitative estimate of drug-likeness (QED) is 0.906. The molecule has 1 amide bonds. The molecule has 0 radical (unpaired) electrons. The van der Waals surface area contributed by atoms with E-state index in [4.69, 9.17) is 0 Å². The van der Waals surface area contributed by atoms with E-state index in [1.807, 2.05) is 17.5 Å². The Hall–Kier alpha value is -1.67. The molecule has 0 unspecified atom stereocenters. The van der Waals surface area contributed by atoms with Gasteiger partial charge in [0.15, 0.2) is 9.84 Å². The third-order valence-electron chi connectivity index (χ3n) is 3.62. The highest BCUT2D eigenvalue weighted by atomic mass is 32.2. The van der Waals surface area contributed by atoms with Crippen LogP contribution in [0.15, 0.2) is 30.0 Å². The van der Waals surface area contributed by atoms with E-state index >= 15 is 0 Å². The number of thiophene rings is 1. The Balaban J connectivity index is 1.81. The molecule has 3 rings (SSSR count). The van der Waals surface area contributed by atoms with Gasteiger partial charge >= 0.3 is 0 Å². The average Bonchev–Trinajstić information content (AvgIpc) is 3.12. The van der Waals surface area contributed by atoms with Crippen molar-refractivity contribution in [3.63, 3.8) is 0 Å². The number of imidazole rings is 1. The lowest BCUT2D eigenvalue weighted by molar-refractivity contribution is 0.0761. The monoisotopic (exact) mass is 325 g/mol. The highest BCUT2D eigenvalue weighted by Gasteiger charge is 2.33. The molecule has 112 valence electrons. The smallest absolute Gasteiger partial charge is 0.271 e. The largest absolute Gasteiger partial charge is 0.341 e. The van der Waals surface area contributed by atoms with Gasteiger partial charge in [0.05, 0.1) is 23.5 Å². The third-order valence-corrected chi connectivity index (χ3v) is 6.86. The van der Waals surface area contributed by atoms with Crippen LogP contribution in [0.2, 0.25) is 0 Å². The Kier molecular flexibility index (Phi) is 3.81. The van der Waals surface area contributed by atoms with E-state index in [2.05, 4.69) is 9.97 Å². The summed E-state index contributed by atoms with van der Waals surface area (Å²) < 4.78 is 24.8. The van der Waals surface area contributed by atoms with Gasteiger partial charge in [-0.1, -0.05) is 6.07 Å². The molecule has 0 bridgehead atoms. The van der Waals surface area contributed by atoms with Crippen molar-refractivity contribution in [2.24, 2.45) is 0 Å². The van der Waals surface area contributed by atoms with Crippen LogP contribution in [0.4, 0.5) is 0 Å². The Labute approximate surface area is 126 Å². The van der Waals surface area contributed by atoms with Crippen molar-refractivity contribution in [3.8, 4) is 0 Å². The normalized spacial score (nSPS) is 21.9. The number of sulfone groups is 1. The van der Waals surface area contributed by atoms with Crippen LogP contribution in [0.1, 0.15) is 27.0 Å². The molecule has 8 heteroatoms. The van der Waals surface area contributed by atoms with Crippen LogP contribution >= 0.6 is 11.3 Å². The summed E-state index contributed by atoms with van der Waals surface area (Å²) in [5, 5.41) is 1.38. The summed E-state index contributed by atoms with van der Waals surface area (Å²) in [6, 6.07) is 3.70. The van der Waals surface area contributed by atoms with Crippen molar-refractivity contribution < 1.29 is 13.2 Å². The van der Waals surface area contributed by atoms with Crippen LogP contribution in [0.25, 0.3) is 0 Å². The third kappa shape index (κ3) is 2.86. The first kappa shape index (κ1) is 14.3. The van der Waals surface area contributed by atoms with Crippen molar-refractivity contribution in [2.75, 3.05) is 18.8 Å². The Morgan fingerprint density at radius 1 is 1.43 bits per heavy atom. The predicted molar refractivity (Wildman–Crippen MR) is 80.0 cm³/mol. The van der Waals surface area contributed by atoms with Gasteiger partial charge < -0.3 is 9.88 Å². The van der Waals surface area contributed by atoms with Gasteiger partial charge in [-0.05, 0) is 17.9 Å². The van der Waals surface area contributed by atoms with E-state index in [1.54, 1.807) is 4.90 Å². The molecule has 1 atom stereocenters. The number of rotatable bonds is 2. The van der Waals surface area contributed by atoms with E-state index in [0.29, 0.717) is 18.7 Å². The van der Waals surface area contributed by atoms with Crippen LogP contribution in [0.3, 0.4) is 0 Å². The van der Waals surface area contributed by atoms with E-state index in [-0.39, 0.29) is 18.2 Å². The molecule has 3 heterocycles. The fourth-order valence-corrected chi connectivity index (χ4v) is 5.49. The van der Waals surface area contributed by atoms with E-state index in [9.17, 15) is 13.2 Å². The fraction of sp³-hybridized carbons (Fsp3) is 0.385. The number of aromatic amines is 1. The molecule has 1 aliphatic rings. The Morgan fingerprint density at radius 3 is 2.95 bits per heavy atom. The highest BCUT2D eigenvalue weighted by Crippen LogP contribution is 2.32. The maximum atomic E-state index is 12.4. The van der Waals surface area contributed by atoms with Crippen LogP contribution in [0, 0.1) is 0 Å². The van der Waals surface area contributed by atoms with Gasteiger partial charge in [0, 0.05) is 18.0 Å². The molecule has 0 spiro atoms. The number of nitrogens with one attached hydrogen (secondary N) is 1. The average molecular weight is 325 g/mol. The first-order valence-electron chi connectivity index (χ1n) is 6.60. The number of H-pyrrole nitrogens is 1. The highest BCUT2D eigenvalue weighted by molar-refractivity contribution is 7.91. The summed E-state index contributed by atoms with van der Waals surface area (Å²) >= 11 is 1.45. The molecule has 2 aromatic heterocycles. The second kappa shape index (κ2) is 5.61. The summed E-state index contributed by atoms with van der Waals surface area (Å²) in [6.07, 6.45) is 3.33. The molecular weight excluding hydrogens is 310 g/mol. The van der Waals surface area contributed by atoms with Crippen molar-refractivity contribution in [3.05, 3.63) is 40.6 Å². The zero-order chi connectivity index (χ0) is 14.9. The van der Waals surface area contributed by atoms with Gasteiger partial charge in [0.25, 0.3) is 5.91 Å². The zero-order valence-electron chi connectivity index (χ0n) is 11.2. The summed E-state index contributed by atoms with van der Waals surface area (Å²) in [6.45, 7) is 0.654. The van der Waals surface area contributed by atoms with Crippen molar-refractivity contribution in [1.82, 2.24) is 14.9 Å². The van der Waals surface area contributed by atoms with E-state index in [1.165, 1.54) is 23.9 Å². The zero-order valence-corrected chi connectivity index (χ0v) is 12.9. The molecule has 6 nitrogen and oxygen atoms in total. The predicted octanol–water partition coefficient (Wildman–Crippen LogP) is 1.47. The number of carbonyl (C=O) groups excluding carboxylic acids is 1. The molecule has 1 fully saturated rings. The van der Waals surface area contributed by atoms with E-state index < -0.39 is 15.1 Å². The lowest BCUT2D eigenvalue weighted by atomic mass is 10.2. The van der Waals surface area contributed by atoms with Gasteiger partial charge in [-0.3, -0.25) is 4.79 Å². The lowest BCUT2D eigenvalue weighted by Crippen LogP contribution is -2.33. The molecular formula is C13H15N3O3S2. The molecule has 1 saturated heterocycles. The Bertz CT molecular complexity index is 708. The summed E-state index contributed by atoms with van der Waals surface area (Å²) in [4.78, 5) is 21.3. The topological polar surface area (TPSA) is 83.1 Å². The molecule has 2 aromatic rings. The summed E-state index contributed by atoms with van der Waals surface area (Å²) in [5.74, 6) is -0.204. The maximum absolute atomic E-state index is 12.4. The molecule has 21 heavy (non-hydrogen) atoms. The minimum absolute atomic E-state index is 0.00452. The van der Waals surface area contributed by atoms with Gasteiger partial charge in [0.2, 0.25) is 0 Å².